The number of aryl methyl sites for hydroxylation is 1. The first-order chi connectivity index (χ1) is 7.59. The first kappa shape index (κ1) is 11.6. The van der Waals surface area contributed by atoms with Crippen molar-refractivity contribution in [1.29, 1.82) is 0 Å². The average molecular weight is 238 g/mol. The van der Waals surface area contributed by atoms with Crippen LogP contribution in [0.5, 0.6) is 0 Å². The second-order valence-electron chi connectivity index (χ2n) is 4.56. The topological polar surface area (TPSA) is 46.3 Å². The Bertz CT molecular complexity index is 388. The van der Waals surface area contributed by atoms with E-state index in [9.17, 15) is 4.79 Å². The number of piperidine rings is 1. The van der Waals surface area contributed by atoms with Crippen LogP contribution in [0.15, 0.2) is 11.4 Å². The molecule has 0 radical (unpaired) electrons. The van der Waals surface area contributed by atoms with Crippen LogP contribution in [0.2, 0.25) is 0 Å². The number of carbonyl (C=O) groups is 1. The van der Waals surface area contributed by atoms with Gasteiger partial charge in [0, 0.05) is 18.6 Å². The highest BCUT2D eigenvalue weighted by Crippen LogP contribution is 2.23. The standard InChI is InChI=1S/C12H18N2OS/c1-8-4-6-16-11(8)12(15)14-5-3-10(13)7-9(14)2/h4,6,9-10H,3,5,7,13H2,1-2H3. The van der Waals surface area contributed by atoms with Gasteiger partial charge in [-0.15, -0.1) is 11.3 Å². The molecule has 1 aromatic heterocycles. The molecule has 1 aromatic rings. The fraction of sp³-hybridized carbons (Fsp3) is 0.583. The molecule has 1 aliphatic heterocycles. The second kappa shape index (κ2) is 4.55. The predicted molar refractivity (Wildman–Crippen MR) is 66.8 cm³/mol. The minimum absolute atomic E-state index is 0.173. The molecule has 0 saturated carbocycles. The molecule has 2 atom stereocenters. The van der Waals surface area contributed by atoms with E-state index in [0.717, 1.165) is 29.8 Å². The third-order valence-electron chi connectivity index (χ3n) is 3.23. The Morgan fingerprint density at radius 1 is 1.62 bits per heavy atom. The molecular weight excluding hydrogens is 220 g/mol. The summed E-state index contributed by atoms with van der Waals surface area (Å²) in [5.74, 6) is 0.173. The maximum atomic E-state index is 12.3. The number of carbonyl (C=O) groups excluding carboxylic acids is 1. The molecule has 1 aliphatic rings. The number of nitrogens with zero attached hydrogens (tertiary/aromatic N) is 1. The van der Waals surface area contributed by atoms with Gasteiger partial charge in [0.25, 0.3) is 5.91 Å². The Morgan fingerprint density at radius 3 is 2.94 bits per heavy atom. The van der Waals surface area contributed by atoms with Crippen molar-refractivity contribution in [3.05, 3.63) is 21.9 Å². The highest BCUT2D eigenvalue weighted by Gasteiger charge is 2.28. The number of hydrogen-bond acceptors (Lipinski definition) is 3. The number of rotatable bonds is 1. The van der Waals surface area contributed by atoms with Gasteiger partial charge in [-0.1, -0.05) is 0 Å². The van der Waals surface area contributed by atoms with E-state index in [1.54, 1.807) is 0 Å². The van der Waals surface area contributed by atoms with E-state index in [4.69, 9.17) is 5.73 Å². The average Bonchev–Trinajstić information content (AvgIpc) is 2.63. The number of thiophene rings is 1. The Morgan fingerprint density at radius 2 is 2.38 bits per heavy atom. The van der Waals surface area contributed by atoms with E-state index in [1.165, 1.54) is 11.3 Å². The number of hydrogen-bond donors (Lipinski definition) is 1. The zero-order valence-electron chi connectivity index (χ0n) is 9.77. The van der Waals surface area contributed by atoms with E-state index < -0.39 is 0 Å². The van der Waals surface area contributed by atoms with E-state index in [-0.39, 0.29) is 18.0 Å². The Balaban J connectivity index is 2.14. The molecule has 2 heterocycles. The molecule has 1 amide bonds. The van der Waals surface area contributed by atoms with E-state index in [1.807, 2.05) is 23.3 Å². The van der Waals surface area contributed by atoms with Gasteiger partial charge in [0.15, 0.2) is 0 Å². The molecule has 0 aromatic carbocycles. The van der Waals surface area contributed by atoms with Crippen LogP contribution < -0.4 is 5.73 Å². The Kier molecular flexibility index (Phi) is 3.30. The molecule has 1 fully saturated rings. The second-order valence-corrected chi connectivity index (χ2v) is 5.48. The van der Waals surface area contributed by atoms with Crippen LogP contribution >= 0.6 is 11.3 Å². The quantitative estimate of drug-likeness (QED) is 0.813. The molecular formula is C12H18N2OS. The highest BCUT2D eigenvalue weighted by molar-refractivity contribution is 7.12. The molecule has 3 nitrogen and oxygen atoms in total. The van der Waals surface area contributed by atoms with Gasteiger partial charge in [-0.3, -0.25) is 4.79 Å². The predicted octanol–water partition coefficient (Wildman–Crippen LogP) is 2.01. The van der Waals surface area contributed by atoms with Crippen LogP contribution in [0.3, 0.4) is 0 Å². The fourth-order valence-electron chi connectivity index (χ4n) is 2.23. The zero-order chi connectivity index (χ0) is 11.7. The van der Waals surface area contributed by atoms with Crippen molar-refractivity contribution in [3.8, 4) is 0 Å². The van der Waals surface area contributed by atoms with Crippen LogP contribution in [-0.4, -0.2) is 29.4 Å². The first-order valence-corrected chi connectivity index (χ1v) is 6.58. The Hall–Kier alpha value is -0.870. The largest absolute Gasteiger partial charge is 0.335 e. The van der Waals surface area contributed by atoms with Crippen LogP contribution in [0.25, 0.3) is 0 Å². The van der Waals surface area contributed by atoms with Gasteiger partial charge in [0.1, 0.15) is 0 Å². The summed E-state index contributed by atoms with van der Waals surface area (Å²) in [5.41, 5.74) is 6.98. The summed E-state index contributed by atoms with van der Waals surface area (Å²) < 4.78 is 0. The van der Waals surface area contributed by atoms with Gasteiger partial charge < -0.3 is 10.6 Å². The molecule has 2 unspecified atom stereocenters. The van der Waals surface area contributed by atoms with Crippen molar-refractivity contribution < 1.29 is 4.79 Å². The van der Waals surface area contributed by atoms with Gasteiger partial charge in [0.2, 0.25) is 0 Å². The molecule has 16 heavy (non-hydrogen) atoms. The SMILES string of the molecule is Cc1ccsc1C(=O)N1CCC(N)CC1C. The van der Waals surface area contributed by atoms with Gasteiger partial charge in [-0.2, -0.15) is 0 Å². The van der Waals surface area contributed by atoms with Crippen LogP contribution in [0.4, 0.5) is 0 Å². The Labute approximate surface area is 100 Å². The van der Waals surface area contributed by atoms with Crippen molar-refractivity contribution >= 4 is 17.2 Å². The number of amides is 1. The number of nitrogens with two attached hydrogens (primary N) is 1. The van der Waals surface area contributed by atoms with Crippen LogP contribution in [0.1, 0.15) is 35.0 Å². The van der Waals surface area contributed by atoms with Crippen LogP contribution in [0, 0.1) is 6.92 Å². The zero-order valence-corrected chi connectivity index (χ0v) is 10.6. The number of likely N-dealkylation sites (tertiary alicyclic amines) is 1. The van der Waals surface area contributed by atoms with Gasteiger partial charge in [-0.05, 0) is 43.7 Å². The fourth-order valence-corrected chi connectivity index (χ4v) is 3.11. The molecule has 1 saturated heterocycles. The van der Waals surface area contributed by atoms with Crippen molar-refractivity contribution in [2.45, 2.75) is 38.8 Å². The molecule has 0 aliphatic carbocycles. The lowest BCUT2D eigenvalue weighted by molar-refractivity contribution is 0.0623. The third-order valence-corrected chi connectivity index (χ3v) is 4.24. The summed E-state index contributed by atoms with van der Waals surface area (Å²) in [7, 11) is 0. The molecule has 0 spiro atoms. The lowest BCUT2D eigenvalue weighted by Gasteiger charge is -2.36. The lowest BCUT2D eigenvalue weighted by Crippen LogP contribution is -2.48. The summed E-state index contributed by atoms with van der Waals surface area (Å²) in [6, 6.07) is 2.51. The van der Waals surface area contributed by atoms with Crippen LogP contribution in [-0.2, 0) is 0 Å². The molecule has 0 bridgehead atoms. The normalized spacial score (nSPS) is 25.8. The van der Waals surface area contributed by atoms with E-state index >= 15 is 0 Å². The maximum Gasteiger partial charge on any atom is 0.264 e. The van der Waals surface area contributed by atoms with Gasteiger partial charge in [-0.25, -0.2) is 0 Å². The summed E-state index contributed by atoms with van der Waals surface area (Å²) in [5, 5.41) is 1.98. The van der Waals surface area contributed by atoms with E-state index in [2.05, 4.69) is 6.92 Å². The molecule has 2 N–H and O–H groups in total. The van der Waals surface area contributed by atoms with Crippen molar-refractivity contribution in [2.24, 2.45) is 5.73 Å². The van der Waals surface area contributed by atoms with Crippen molar-refractivity contribution in [3.63, 3.8) is 0 Å². The molecule has 88 valence electrons. The summed E-state index contributed by atoms with van der Waals surface area (Å²) in [6.45, 7) is 4.86. The minimum atomic E-state index is 0.173. The van der Waals surface area contributed by atoms with Gasteiger partial charge in [0.05, 0.1) is 4.88 Å². The van der Waals surface area contributed by atoms with E-state index in [0.29, 0.717) is 0 Å². The smallest absolute Gasteiger partial charge is 0.264 e. The maximum absolute atomic E-state index is 12.3. The van der Waals surface area contributed by atoms with Gasteiger partial charge >= 0.3 is 0 Å². The monoisotopic (exact) mass is 238 g/mol. The summed E-state index contributed by atoms with van der Waals surface area (Å²) in [4.78, 5) is 15.1. The van der Waals surface area contributed by atoms with Crippen molar-refractivity contribution in [2.75, 3.05) is 6.54 Å². The highest BCUT2D eigenvalue weighted by atomic mass is 32.1. The molecule has 4 heteroatoms. The third kappa shape index (κ3) is 2.13. The van der Waals surface area contributed by atoms with Crippen molar-refractivity contribution in [1.82, 2.24) is 4.90 Å². The minimum Gasteiger partial charge on any atom is -0.335 e. The molecule has 2 rings (SSSR count). The lowest BCUT2D eigenvalue weighted by atomic mass is 9.99. The summed E-state index contributed by atoms with van der Waals surface area (Å²) >= 11 is 1.53. The summed E-state index contributed by atoms with van der Waals surface area (Å²) in [6.07, 6.45) is 1.83. The first-order valence-electron chi connectivity index (χ1n) is 5.70.